The lowest BCUT2D eigenvalue weighted by Crippen LogP contribution is -2.58. The zero-order valence-corrected chi connectivity index (χ0v) is 9.84. The van der Waals surface area contributed by atoms with E-state index in [1.165, 1.54) is 6.92 Å². The largest absolute Gasteiger partial charge is 0.443 e. The van der Waals surface area contributed by atoms with Gasteiger partial charge in [-0.2, -0.15) is 13.2 Å². The van der Waals surface area contributed by atoms with E-state index in [4.69, 9.17) is 9.47 Å². The Labute approximate surface area is 101 Å². The summed E-state index contributed by atoms with van der Waals surface area (Å²) in [6, 6.07) is 0. The summed E-state index contributed by atoms with van der Waals surface area (Å²) in [6.45, 7) is 4.88. The minimum atomic E-state index is -5.02. The molecule has 18 heavy (non-hydrogen) atoms. The summed E-state index contributed by atoms with van der Waals surface area (Å²) in [6.07, 6.45) is -6.10. The summed E-state index contributed by atoms with van der Waals surface area (Å²) in [4.78, 5) is 11.3. The molecule has 104 valence electrons. The molecule has 5 nitrogen and oxygen atoms in total. The molecule has 1 heterocycles. The van der Waals surface area contributed by atoms with Crippen LogP contribution in [0.3, 0.4) is 0 Å². The van der Waals surface area contributed by atoms with Crippen LogP contribution in [0.15, 0.2) is 12.2 Å². The van der Waals surface area contributed by atoms with E-state index in [0.29, 0.717) is 0 Å². The highest BCUT2D eigenvalue weighted by atomic mass is 19.4. The SMILES string of the molecule is C=C(C)C(=O)OC1(C)CC(O)(C(F)(F)F)OCO1. The molecule has 2 unspecified atom stereocenters. The van der Waals surface area contributed by atoms with Gasteiger partial charge in [-0.15, -0.1) is 0 Å². The van der Waals surface area contributed by atoms with Crippen molar-refractivity contribution in [3.8, 4) is 0 Å². The van der Waals surface area contributed by atoms with E-state index >= 15 is 0 Å². The quantitative estimate of drug-likeness (QED) is 0.608. The van der Waals surface area contributed by atoms with E-state index < -0.39 is 36.9 Å². The summed E-state index contributed by atoms with van der Waals surface area (Å²) in [5.41, 5.74) is 0.00173. The first kappa shape index (κ1) is 14.9. The molecule has 0 saturated carbocycles. The molecule has 0 spiro atoms. The molecule has 1 saturated heterocycles. The first-order valence-corrected chi connectivity index (χ1v) is 4.95. The van der Waals surface area contributed by atoms with Crippen molar-refractivity contribution in [1.29, 1.82) is 0 Å². The first-order valence-electron chi connectivity index (χ1n) is 4.95. The number of carbonyl (C=O) groups is 1. The van der Waals surface area contributed by atoms with Gasteiger partial charge in [0.05, 0.1) is 6.42 Å². The summed E-state index contributed by atoms with van der Waals surface area (Å²) < 4.78 is 51.4. The Bertz CT molecular complexity index is 367. The van der Waals surface area contributed by atoms with Gasteiger partial charge in [-0.3, -0.25) is 0 Å². The van der Waals surface area contributed by atoms with E-state index in [-0.39, 0.29) is 5.57 Å². The van der Waals surface area contributed by atoms with Crippen LogP contribution in [0.2, 0.25) is 0 Å². The highest BCUT2D eigenvalue weighted by Gasteiger charge is 2.62. The number of halogens is 3. The van der Waals surface area contributed by atoms with Crippen LogP contribution in [0.4, 0.5) is 13.2 Å². The summed E-state index contributed by atoms with van der Waals surface area (Å²) in [5, 5.41) is 9.35. The second kappa shape index (κ2) is 4.52. The molecule has 8 heteroatoms. The lowest BCUT2D eigenvalue weighted by molar-refractivity contribution is -0.446. The van der Waals surface area contributed by atoms with Crippen molar-refractivity contribution in [2.24, 2.45) is 0 Å². The van der Waals surface area contributed by atoms with Crippen molar-refractivity contribution in [1.82, 2.24) is 0 Å². The molecule has 1 rings (SSSR count). The van der Waals surface area contributed by atoms with Crippen molar-refractivity contribution in [3.05, 3.63) is 12.2 Å². The Morgan fingerprint density at radius 1 is 1.44 bits per heavy atom. The smallest absolute Gasteiger partial charge is 0.430 e. The Hall–Kier alpha value is -1.12. The fraction of sp³-hybridized carbons (Fsp3) is 0.700. The van der Waals surface area contributed by atoms with E-state index in [1.54, 1.807) is 0 Å². The van der Waals surface area contributed by atoms with Gasteiger partial charge >= 0.3 is 12.1 Å². The highest BCUT2D eigenvalue weighted by Crippen LogP contribution is 2.42. The van der Waals surface area contributed by atoms with Gasteiger partial charge < -0.3 is 19.3 Å². The molecule has 0 aliphatic carbocycles. The van der Waals surface area contributed by atoms with Gasteiger partial charge in [-0.1, -0.05) is 6.58 Å². The van der Waals surface area contributed by atoms with Crippen LogP contribution in [-0.2, 0) is 19.0 Å². The summed E-state index contributed by atoms with van der Waals surface area (Å²) in [5.74, 6) is -6.25. The van der Waals surface area contributed by atoms with Crippen molar-refractivity contribution < 1.29 is 37.3 Å². The normalized spacial score (nSPS) is 33.0. The fourth-order valence-corrected chi connectivity index (χ4v) is 1.32. The van der Waals surface area contributed by atoms with Gasteiger partial charge in [0.15, 0.2) is 6.79 Å². The number of hydrogen-bond donors (Lipinski definition) is 1. The standard InChI is InChI=1S/C10H13F3O5/c1-6(2)7(14)18-8(3)4-9(15,10(11,12)13)17-5-16-8/h15H,1,4-5H2,2-3H3. The van der Waals surface area contributed by atoms with Crippen molar-refractivity contribution in [2.75, 3.05) is 6.79 Å². The average Bonchev–Trinajstić information content (AvgIpc) is 2.14. The molecule has 0 aromatic rings. The lowest BCUT2D eigenvalue weighted by Gasteiger charge is -2.42. The third kappa shape index (κ3) is 3.01. The van der Waals surface area contributed by atoms with E-state index in [2.05, 4.69) is 11.3 Å². The van der Waals surface area contributed by atoms with Gasteiger partial charge in [-0.05, 0) is 6.92 Å². The number of aliphatic hydroxyl groups is 1. The maximum absolute atomic E-state index is 12.6. The number of rotatable bonds is 2. The predicted molar refractivity (Wildman–Crippen MR) is 52.0 cm³/mol. The number of ether oxygens (including phenoxy) is 3. The van der Waals surface area contributed by atoms with Crippen LogP contribution in [0.5, 0.6) is 0 Å². The molecule has 1 aliphatic rings. The molecular weight excluding hydrogens is 257 g/mol. The molecule has 0 aromatic carbocycles. The fourth-order valence-electron chi connectivity index (χ4n) is 1.32. The maximum Gasteiger partial charge on any atom is 0.443 e. The van der Waals surface area contributed by atoms with Gasteiger partial charge in [0.1, 0.15) is 0 Å². The molecule has 0 radical (unpaired) electrons. The zero-order valence-electron chi connectivity index (χ0n) is 9.84. The Morgan fingerprint density at radius 3 is 2.44 bits per heavy atom. The minimum Gasteiger partial charge on any atom is -0.430 e. The van der Waals surface area contributed by atoms with Gasteiger partial charge in [0.25, 0.3) is 5.79 Å². The molecule has 1 N–H and O–H groups in total. The van der Waals surface area contributed by atoms with Crippen molar-refractivity contribution in [3.63, 3.8) is 0 Å². The lowest BCUT2D eigenvalue weighted by atomic mass is 10.0. The molecule has 1 fully saturated rings. The van der Waals surface area contributed by atoms with E-state index in [1.807, 2.05) is 0 Å². The maximum atomic E-state index is 12.6. The molecule has 2 atom stereocenters. The summed E-state index contributed by atoms with van der Waals surface area (Å²) in [7, 11) is 0. The second-order valence-electron chi connectivity index (χ2n) is 4.17. The third-order valence-electron chi connectivity index (χ3n) is 2.32. The average molecular weight is 270 g/mol. The van der Waals surface area contributed by atoms with Crippen LogP contribution in [0, 0.1) is 0 Å². The highest BCUT2D eigenvalue weighted by molar-refractivity contribution is 5.87. The van der Waals surface area contributed by atoms with E-state index in [0.717, 1.165) is 6.92 Å². The molecule has 0 bridgehead atoms. The van der Waals surface area contributed by atoms with Gasteiger partial charge in [0.2, 0.25) is 5.79 Å². The molecule has 0 amide bonds. The topological polar surface area (TPSA) is 65.0 Å². The predicted octanol–water partition coefficient (Wildman–Crippen LogP) is 1.47. The molecular formula is C10H13F3O5. The number of carbonyl (C=O) groups excluding carboxylic acids is 1. The van der Waals surface area contributed by atoms with Gasteiger partial charge in [0, 0.05) is 12.5 Å². The molecule has 1 aliphatic heterocycles. The Kier molecular flexibility index (Phi) is 3.75. The Morgan fingerprint density at radius 2 is 2.00 bits per heavy atom. The minimum absolute atomic E-state index is 0.00173. The van der Waals surface area contributed by atoms with Gasteiger partial charge in [-0.25, -0.2) is 4.79 Å². The summed E-state index contributed by atoms with van der Waals surface area (Å²) >= 11 is 0. The van der Waals surface area contributed by atoms with Crippen molar-refractivity contribution in [2.45, 2.75) is 38.0 Å². The molecule has 0 aromatic heterocycles. The second-order valence-corrected chi connectivity index (χ2v) is 4.17. The first-order chi connectivity index (χ1) is 7.99. The van der Waals surface area contributed by atoms with Crippen molar-refractivity contribution >= 4 is 5.97 Å². The number of esters is 1. The Balaban J connectivity index is 2.85. The number of hydrogen-bond acceptors (Lipinski definition) is 5. The van der Waals surface area contributed by atoms with Crippen LogP contribution < -0.4 is 0 Å². The van der Waals surface area contributed by atoms with E-state index in [9.17, 15) is 23.1 Å². The van der Waals surface area contributed by atoms with Crippen LogP contribution in [0.1, 0.15) is 20.3 Å². The van der Waals surface area contributed by atoms with Crippen LogP contribution in [0.25, 0.3) is 0 Å². The van der Waals surface area contributed by atoms with Crippen LogP contribution in [-0.4, -0.2) is 35.6 Å². The third-order valence-corrected chi connectivity index (χ3v) is 2.32. The van der Waals surface area contributed by atoms with Crippen LogP contribution >= 0.6 is 0 Å². The number of alkyl halides is 3. The monoisotopic (exact) mass is 270 g/mol. The zero-order chi connectivity index (χ0) is 14.2.